The van der Waals surface area contributed by atoms with Gasteiger partial charge in [-0.05, 0) is 36.6 Å². The summed E-state index contributed by atoms with van der Waals surface area (Å²) < 4.78 is 0. The van der Waals surface area contributed by atoms with E-state index in [9.17, 15) is 4.79 Å². The Morgan fingerprint density at radius 2 is 1.53 bits per heavy atom. The van der Waals surface area contributed by atoms with E-state index in [1.165, 1.54) is 5.56 Å². The van der Waals surface area contributed by atoms with Crippen molar-refractivity contribution >= 4 is 5.91 Å². The fraction of sp³-hybridized carbons (Fsp3) is 0.133. The number of hydrogen-bond donors (Lipinski definition) is 1. The van der Waals surface area contributed by atoms with Crippen LogP contribution in [0.2, 0.25) is 0 Å². The summed E-state index contributed by atoms with van der Waals surface area (Å²) in [4.78, 5) is 11.1. The van der Waals surface area contributed by atoms with E-state index in [-0.39, 0.29) is 5.91 Å². The lowest BCUT2D eigenvalue weighted by atomic mass is 9.99. The summed E-state index contributed by atoms with van der Waals surface area (Å²) in [6, 6.07) is 14.0. The van der Waals surface area contributed by atoms with E-state index in [1.807, 2.05) is 19.1 Å². The number of aryl methyl sites for hydroxylation is 2. The number of carbonyl (C=O) groups excluding carboxylic acids is 1. The molecule has 0 aromatic heterocycles. The first kappa shape index (κ1) is 11.4. The van der Waals surface area contributed by atoms with Gasteiger partial charge in [0.2, 0.25) is 5.91 Å². The van der Waals surface area contributed by atoms with Gasteiger partial charge >= 0.3 is 0 Å². The average molecular weight is 225 g/mol. The number of nitrogens with two attached hydrogens (primary N) is 1. The number of hydrogen-bond acceptors (Lipinski definition) is 1. The van der Waals surface area contributed by atoms with Crippen molar-refractivity contribution in [3.63, 3.8) is 0 Å². The molecule has 2 aromatic carbocycles. The van der Waals surface area contributed by atoms with E-state index in [0.29, 0.717) is 5.56 Å². The van der Waals surface area contributed by atoms with Crippen molar-refractivity contribution in [3.8, 4) is 11.1 Å². The zero-order chi connectivity index (χ0) is 12.4. The molecule has 17 heavy (non-hydrogen) atoms. The maximum atomic E-state index is 11.1. The monoisotopic (exact) mass is 225 g/mol. The minimum Gasteiger partial charge on any atom is -0.366 e. The number of amides is 1. The summed E-state index contributed by atoms with van der Waals surface area (Å²) in [5.74, 6) is -0.377. The Morgan fingerprint density at radius 1 is 0.941 bits per heavy atom. The quantitative estimate of drug-likeness (QED) is 0.838. The van der Waals surface area contributed by atoms with Gasteiger partial charge in [0.05, 0.1) is 0 Å². The first-order valence-corrected chi connectivity index (χ1v) is 5.55. The van der Waals surface area contributed by atoms with Crippen LogP contribution >= 0.6 is 0 Å². The number of primary amides is 1. The van der Waals surface area contributed by atoms with E-state index in [1.54, 1.807) is 6.07 Å². The molecular weight excluding hydrogens is 210 g/mol. The summed E-state index contributed by atoms with van der Waals surface area (Å²) >= 11 is 0. The van der Waals surface area contributed by atoms with Gasteiger partial charge in [-0.15, -0.1) is 0 Å². The Kier molecular flexibility index (Phi) is 2.96. The summed E-state index contributed by atoms with van der Waals surface area (Å²) in [5.41, 5.74) is 10.3. The van der Waals surface area contributed by atoms with E-state index < -0.39 is 0 Å². The maximum Gasteiger partial charge on any atom is 0.248 e. The highest BCUT2D eigenvalue weighted by Gasteiger charge is 2.06. The molecule has 0 fully saturated rings. The molecule has 0 unspecified atom stereocenters. The largest absolute Gasteiger partial charge is 0.366 e. The Labute approximate surface area is 101 Å². The van der Waals surface area contributed by atoms with Crippen LogP contribution in [-0.4, -0.2) is 5.91 Å². The predicted molar refractivity (Wildman–Crippen MR) is 69.9 cm³/mol. The normalized spacial score (nSPS) is 10.2. The third-order valence-corrected chi connectivity index (χ3v) is 2.88. The molecule has 0 aliphatic rings. The van der Waals surface area contributed by atoms with Crippen molar-refractivity contribution in [2.45, 2.75) is 13.8 Å². The van der Waals surface area contributed by atoms with Crippen molar-refractivity contribution in [2.24, 2.45) is 5.73 Å². The zero-order valence-electron chi connectivity index (χ0n) is 10.0. The van der Waals surface area contributed by atoms with Crippen molar-refractivity contribution in [1.29, 1.82) is 0 Å². The number of rotatable bonds is 2. The molecule has 0 aliphatic carbocycles. The van der Waals surface area contributed by atoms with E-state index in [2.05, 4.69) is 31.2 Å². The molecule has 2 rings (SSSR count). The summed E-state index contributed by atoms with van der Waals surface area (Å²) in [7, 11) is 0. The Balaban J connectivity index is 2.44. The molecule has 0 spiro atoms. The molecule has 0 bridgehead atoms. The lowest BCUT2D eigenvalue weighted by molar-refractivity contribution is 0.1000. The van der Waals surface area contributed by atoms with Crippen LogP contribution in [0.1, 0.15) is 21.5 Å². The van der Waals surface area contributed by atoms with Crippen LogP contribution in [0.3, 0.4) is 0 Å². The second-order valence-corrected chi connectivity index (χ2v) is 4.26. The lowest BCUT2D eigenvalue weighted by Crippen LogP contribution is -2.12. The molecule has 0 heterocycles. The van der Waals surface area contributed by atoms with Crippen molar-refractivity contribution in [2.75, 3.05) is 0 Å². The molecule has 0 saturated carbocycles. The Hall–Kier alpha value is -2.09. The van der Waals surface area contributed by atoms with Crippen molar-refractivity contribution in [1.82, 2.24) is 0 Å². The second kappa shape index (κ2) is 4.42. The molecule has 0 aliphatic heterocycles. The molecule has 2 N–H and O–H groups in total. The Bertz CT molecular complexity index is 556. The van der Waals surface area contributed by atoms with Gasteiger partial charge in [0, 0.05) is 5.56 Å². The third kappa shape index (κ3) is 2.36. The highest BCUT2D eigenvalue weighted by molar-refractivity contribution is 5.94. The van der Waals surface area contributed by atoms with E-state index in [4.69, 9.17) is 5.73 Å². The smallest absolute Gasteiger partial charge is 0.248 e. The van der Waals surface area contributed by atoms with Gasteiger partial charge in [-0.25, -0.2) is 0 Å². The number of benzene rings is 2. The van der Waals surface area contributed by atoms with E-state index in [0.717, 1.165) is 16.7 Å². The van der Waals surface area contributed by atoms with Crippen LogP contribution in [0.4, 0.5) is 0 Å². The van der Waals surface area contributed by atoms with Crippen molar-refractivity contribution < 1.29 is 4.79 Å². The lowest BCUT2D eigenvalue weighted by Gasteiger charge is -2.06. The first-order valence-electron chi connectivity index (χ1n) is 5.55. The van der Waals surface area contributed by atoms with Gasteiger partial charge in [-0.1, -0.05) is 42.0 Å². The third-order valence-electron chi connectivity index (χ3n) is 2.88. The maximum absolute atomic E-state index is 11.1. The van der Waals surface area contributed by atoms with Crippen LogP contribution in [0.15, 0.2) is 42.5 Å². The van der Waals surface area contributed by atoms with Crippen LogP contribution in [0.5, 0.6) is 0 Å². The summed E-state index contributed by atoms with van der Waals surface area (Å²) in [5, 5.41) is 0. The highest BCUT2D eigenvalue weighted by Crippen LogP contribution is 2.22. The first-order chi connectivity index (χ1) is 8.08. The van der Waals surface area contributed by atoms with Gasteiger partial charge in [0.15, 0.2) is 0 Å². The van der Waals surface area contributed by atoms with Gasteiger partial charge in [0.25, 0.3) is 0 Å². The molecule has 86 valence electrons. The fourth-order valence-electron chi connectivity index (χ4n) is 1.87. The van der Waals surface area contributed by atoms with Gasteiger partial charge in [-0.2, -0.15) is 0 Å². The van der Waals surface area contributed by atoms with Crippen molar-refractivity contribution in [3.05, 3.63) is 59.2 Å². The van der Waals surface area contributed by atoms with Crippen LogP contribution in [0.25, 0.3) is 11.1 Å². The summed E-state index contributed by atoms with van der Waals surface area (Å²) in [6.45, 7) is 3.96. The molecule has 2 nitrogen and oxygen atoms in total. The number of carbonyl (C=O) groups is 1. The minimum absolute atomic E-state index is 0.377. The van der Waals surface area contributed by atoms with Crippen LogP contribution < -0.4 is 5.73 Å². The Morgan fingerprint density at radius 3 is 2.06 bits per heavy atom. The second-order valence-electron chi connectivity index (χ2n) is 4.26. The summed E-state index contributed by atoms with van der Waals surface area (Å²) in [6.07, 6.45) is 0. The fourth-order valence-corrected chi connectivity index (χ4v) is 1.87. The topological polar surface area (TPSA) is 43.1 Å². The predicted octanol–water partition coefficient (Wildman–Crippen LogP) is 3.07. The SMILES string of the molecule is Cc1ccc(-c2ccc(C(N)=O)c(C)c2)cc1. The van der Waals surface area contributed by atoms with Gasteiger partial charge in [-0.3, -0.25) is 4.79 Å². The van der Waals surface area contributed by atoms with E-state index >= 15 is 0 Å². The molecule has 0 saturated heterocycles. The van der Waals surface area contributed by atoms with Gasteiger partial charge in [0.1, 0.15) is 0 Å². The molecule has 2 heteroatoms. The van der Waals surface area contributed by atoms with Gasteiger partial charge < -0.3 is 5.73 Å². The molecule has 2 aromatic rings. The molecule has 0 radical (unpaired) electrons. The highest BCUT2D eigenvalue weighted by atomic mass is 16.1. The average Bonchev–Trinajstić information content (AvgIpc) is 2.29. The minimum atomic E-state index is -0.377. The van der Waals surface area contributed by atoms with Crippen LogP contribution in [0, 0.1) is 13.8 Å². The zero-order valence-corrected chi connectivity index (χ0v) is 10.0. The molecule has 0 atom stereocenters. The molecular formula is C15H15NO. The standard InChI is InChI=1S/C15H15NO/c1-10-3-5-12(6-4-10)13-7-8-14(15(16)17)11(2)9-13/h3-9H,1-2H3,(H2,16,17). The van der Waals surface area contributed by atoms with Crippen LogP contribution in [-0.2, 0) is 0 Å². The molecule has 1 amide bonds.